The molecule has 0 fully saturated rings. The van der Waals surface area contributed by atoms with Gasteiger partial charge in [0, 0.05) is 23.0 Å². The minimum Gasteiger partial charge on any atom is -0.342 e. The number of nitrogens with zero attached hydrogens (tertiary/aromatic N) is 1. The molecule has 0 aromatic heterocycles. The van der Waals surface area contributed by atoms with Crippen LogP contribution in [0.25, 0.3) is 0 Å². The van der Waals surface area contributed by atoms with Gasteiger partial charge in [-0.25, -0.2) is 0 Å². The molecule has 1 aromatic rings. The smallest absolute Gasteiger partial charge is 0.254 e. The Morgan fingerprint density at radius 3 is 2.80 bits per heavy atom. The molecule has 1 rings (SSSR count). The average Bonchev–Trinajstić information content (AvgIpc) is 2.21. The van der Waals surface area contributed by atoms with Crippen molar-refractivity contribution in [2.45, 2.75) is 18.2 Å². The maximum Gasteiger partial charge on any atom is 0.254 e. The lowest BCUT2D eigenvalue weighted by Crippen LogP contribution is -2.27. The van der Waals surface area contributed by atoms with Gasteiger partial charge in [-0.2, -0.15) is 0 Å². The van der Waals surface area contributed by atoms with Gasteiger partial charge in [0.2, 0.25) is 0 Å². The van der Waals surface area contributed by atoms with E-state index in [1.807, 2.05) is 26.1 Å². The molecule has 0 atom stereocenters. The molecular formula is C11H14BrNOS. The Morgan fingerprint density at radius 2 is 2.20 bits per heavy atom. The minimum atomic E-state index is 0.0274. The van der Waals surface area contributed by atoms with Gasteiger partial charge in [0.1, 0.15) is 0 Å². The predicted molar refractivity (Wildman–Crippen MR) is 68.6 cm³/mol. The van der Waals surface area contributed by atoms with E-state index in [0.29, 0.717) is 5.56 Å². The SMILES string of the molecule is CCCN(C)C(=O)c1cc(S)ccc1Br. The first-order chi connectivity index (χ1) is 7.06. The fourth-order valence-electron chi connectivity index (χ4n) is 1.32. The second-order valence-electron chi connectivity index (χ2n) is 3.39. The Bertz CT molecular complexity index is 368. The van der Waals surface area contributed by atoms with Crippen LogP contribution in [0.4, 0.5) is 0 Å². The van der Waals surface area contributed by atoms with E-state index >= 15 is 0 Å². The normalized spacial score (nSPS) is 10.1. The molecule has 0 aliphatic heterocycles. The molecular weight excluding hydrogens is 274 g/mol. The van der Waals surface area contributed by atoms with Gasteiger partial charge >= 0.3 is 0 Å². The summed E-state index contributed by atoms with van der Waals surface area (Å²) in [5, 5.41) is 0. The molecule has 0 aliphatic rings. The van der Waals surface area contributed by atoms with E-state index in [9.17, 15) is 4.79 Å². The van der Waals surface area contributed by atoms with Crippen molar-refractivity contribution in [1.82, 2.24) is 4.90 Å². The van der Waals surface area contributed by atoms with Crippen molar-refractivity contribution in [2.24, 2.45) is 0 Å². The van der Waals surface area contributed by atoms with E-state index in [-0.39, 0.29) is 5.91 Å². The summed E-state index contributed by atoms with van der Waals surface area (Å²) in [5.74, 6) is 0.0274. The number of amides is 1. The monoisotopic (exact) mass is 287 g/mol. The molecule has 82 valence electrons. The number of carbonyl (C=O) groups is 1. The third-order valence-corrected chi connectivity index (χ3v) is 3.06. The van der Waals surface area contributed by atoms with E-state index in [0.717, 1.165) is 22.3 Å². The summed E-state index contributed by atoms with van der Waals surface area (Å²) >= 11 is 7.59. The minimum absolute atomic E-state index is 0.0274. The summed E-state index contributed by atoms with van der Waals surface area (Å²) in [6.45, 7) is 2.82. The van der Waals surface area contributed by atoms with Gasteiger partial charge < -0.3 is 4.90 Å². The topological polar surface area (TPSA) is 20.3 Å². The van der Waals surface area contributed by atoms with E-state index < -0.39 is 0 Å². The zero-order valence-corrected chi connectivity index (χ0v) is 11.3. The van der Waals surface area contributed by atoms with Crippen LogP contribution in [0.1, 0.15) is 23.7 Å². The lowest BCUT2D eigenvalue weighted by Gasteiger charge is -2.17. The Balaban J connectivity index is 2.95. The number of hydrogen-bond acceptors (Lipinski definition) is 2. The third-order valence-electron chi connectivity index (χ3n) is 2.09. The highest BCUT2D eigenvalue weighted by atomic mass is 79.9. The molecule has 0 radical (unpaired) electrons. The van der Waals surface area contributed by atoms with Gasteiger partial charge in [-0.15, -0.1) is 12.6 Å². The Morgan fingerprint density at radius 1 is 1.53 bits per heavy atom. The van der Waals surface area contributed by atoms with Crippen molar-refractivity contribution in [3.8, 4) is 0 Å². The van der Waals surface area contributed by atoms with Crippen molar-refractivity contribution >= 4 is 34.5 Å². The van der Waals surface area contributed by atoms with Crippen LogP contribution in [-0.2, 0) is 0 Å². The number of benzene rings is 1. The van der Waals surface area contributed by atoms with Crippen LogP contribution < -0.4 is 0 Å². The number of halogens is 1. The number of carbonyl (C=O) groups excluding carboxylic acids is 1. The Hall–Kier alpha value is -0.480. The van der Waals surface area contributed by atoms with Gasteiger partial charge in [-0.1, -0.05) is 6.92 Å². The molecule has 1 amide bonds. The Labute approximate surface area is 104 Å². The largest absolute Gasteiger partial charge is 0.342 e. The van der Waals surface area contributed by atoms with E-state index in [1.165, 1.54) is 0 Å². The van der Waals surface area contributed by atoms with Crippen LogP contribution in [0.2, 0.25) is 0 Å². The summed E-state index contributed by atoms with van der Waals surface area (Å²) in [5.41, 5.74) is 0.665. The zero-order chi connectivity index (χ0) is 11.4. The molecule has 0 saturated heterocycles. The number of rotatable bonds is 3. The lowest BCUT2D eigenvalue weighted by atomic mass is 10.2. The fourth-order valence-corrected chi connectivity index (χ4v) is 1.94. The molecule has 0 unspecified atom stereocenters. The van der Waals surface area contributed by atoms with E-state index in [4.69, 9.17) is 0 Å². The third kappa shape index (κ3) is 3.24. The molecule has 4 heteroatoms. The highest BCUT2D eigenvalue weighted by molar-refractivity contribution is 9.10. The van der Waals surface area contributed by atoms with Gasteiger partial charge in [-0.05, 0) is 40.5 Å². The second kappa shape index (κ2) is 5.56. The standard InChI is InChI=1S/C11H14BrNOS/c1-3-6-13(2)11(14)9-7-8(15)4-5-10(9)12/h4-5,7,15H,3,6H2,1-2H3. The maximum atomic E-state index is 12.0. The van der Waals surface area contributed by atoms with Gasteiger partial charge in [0.25, 0.3) is 5.91 Å². The Kier molecular flexibility index (Phi) is 4.67. The maximum absolute atomic E-state index is 12.0. The first kappa shape index (κ1) is 12.6. The lowest BCUT2D eigenvalue weighted by molar-refractivity contribution is 0.0794. The van der Waals surface area contributed by atoms with Crippen LogP contribution in [0.15, 0.2) is 27.6 Å². The molecule has 15 heavy (non-hydrogen) atoms. The molecule has 0 spiro atoms. The zero-order valence-electron chi connectivity index (χ0n) is 8.83. The molecule has 1 aromatic carbocycles. The first-order valence-electron chi connectivity index (χ1n) is 4.80. The quantitative estimate of drug-likeness (QED) is 0.847. The first-order valence-corrected chi connectivity index (χ1v) is 6.04. The van der Waals surface area contributed by atoms with Crippen molar-refractivity contribution in [3.63, 3.8) is 0 Å². The summed E-state index contributed by atoms with van der Waals surface area (Å²) in [7, 11) is 1.81. The summed E-state index contributed by atoms with van der Waals surface area (Å²) in [6.07, 6.45) is 0.959. The molecule has 0 saturated carbocycles. The second-order valence-corrected chi connectivity index (χ2v) is 4.76. The average molecular weight is 288 g/mol. The van der Waals surface area contributed by atoms with Gasteiger partial charge in [0.05, 0.1) is 5.56 Å². The van der Waals surface area contributed by atoms with E-state index in [1.54, 1.807) is 11.0 Å². The van der Waals surface area contributed by atoms with Crippen molar-refractivity contribution in [3.05, 3.63) is 28.2 Å². The summed E-state index contributed by atoms with van der Waals surface area (Å²) in [6, 6.07) is 5.47. The van der Waals surface area contributed by atoms with Crippen LogP contribution in [0.3, 0.4) is 0 Å². The van der Waals surface area contributed by atoms with Crippen molar-refractivity contribution < 1.29 is 4.79 Å². The van der Waals surface area contributed by atoms with E-state index in [2.05, 4.69) is 28.6 Å². The van der Waals surface area contributed by atoms with Crippen LogP contribution in [0.5, 0.6) is 0 Å². The molecule has 0 bridgehead atoms. The molecule has 2 nitrogen and oxygen atoms in total. The summed E-state index contributed by atoms with van der Waals surface area (Å²) < 4.78 is 0.813. The molecule has 0 N–H and O–H groups in total. The van der Waals surface area contributed by atoms with Crippen molar-refractivity contribution in [1.29, 1.82) is 0 Å². The molecule has 0 aliphatic carbocycles. The predicted octanol–water partition coefficient (Wildman–Crippen LogP) is 3.22. The number of thiol groups is 1. The molecule has 0 heterocycles. The van der Waals surface area contributed by atoms with Gasteiger partial charge in [0.15, 0.2) is 0 Å². The van der Waals surface area contributed by atoms with Crippen molar-refractivity contribution in [2.75, 3.05) is 13.6 Å². The highest BCUT2D eigenvalue weighted by Crippen LogP contribution is 2.21. The summed E-state index contributed by atoms with van der Waals surface area (Å²) in [4.78, 5) is 14.5. The van der Waals surface area contributed by atoms with Crippen LogP contribution in [0, 0.1) is 0 Å². The fraction of sp³-hybridized carbons (Fsp3) is 0.364. The van der Waals surface area contributed by atoms with Gasteiger partial charge in [-0.3, -0.25) is 4.79 Å². The highest BCUT2D eigenvalue weighted by Gasteiger charge is 2.14. The van der Waals surface area contributed by atoms with Crippen LogP contribution >= 0.6 is 28.6 Å². The number of hydrogen-bond donors (Lipinski definition) is 1. The van der Waals surface area contributed by atoms with Crippen LogP contribution in [-0.4, -0.2) is 24.4 Å².